The highest BCUT2D eigenvalue weighted by atomic mass is 32.1. The largest absolute Gasteiger partial charge is 0.309 e. The monoisotopic (exact) mass is 252 g/mol. The number of hydrogen-bond donors (Lipinski definition) is 1. The number of rotatable bonds is 2. The van der Waals surface area contributed by atoms with Gasteiger partial charge in [0.25, 0.3) is 0 Å². The van der Waals surface area contributed by atoms with E-state index in [0.717, 1.165) is 18.0 Å². The maximum absolute atomic E-state index is 12.3. The molecule has 1 aromatic rings. The van der Waals surface area contributed by atoms with Crippen LogP contribution < -0.4 is 10.2 Å². The zero-order chi connectivity index (χ0) is 12.0. The van der Waals surface area contributed by atoms with E-state index in [2.05, 4.69) is 14.7 Å². The number of carbonyl (C=O) groups is 1. The van der Waals surface area contributed by atoms with Gasteiger partial charge in [0.15, 0.2) is 0 Å². The number of likely N-dealkylation sites (N-methyl/N-ethyl adjacent to an activating group) is 1. The van der Waals surface area contributed by atoms with E-state index in [1.165, 1.54) is 18.0 Å². The van der Waals surface area contributed by atoms with E-state index in [1.807, 2.05) is 14.0 Å². The van der Waals surface area contributed by atoms with Crippen molar-refractivity contribution < 1.29 is 4.79 Å². The number of aromatic nitrogens is 2. The van der Waals surface area contributed by atoms with E-state index in [1.54, 1.807) is 4.90 Å². The summed E-state index contributed by atoms with van der Waals surface area (Å²) in [7, 11) is 1.85. The summed E-state index contributed by atoms with van der Waals surface area (Å²) < 4.78 is 4.26. The van der Waals surface area contributed by atoms with Crippen LogP contribution in [-0.2, 0) is 4.79 Å². The van der Waals surface area contributed by atoms with Gasteiger partial charge in [0.2, 0.25) is 11.9 Å². The van der Waals surface area contributed by atoms with Gasteiger partial charge in [0, 0.05) is 6.54 Å². The van der Waals surface area contributed by atoms with Gasteiger partial charge in [-0.15, -0.1) is 0 Å². The molecule has 0 radical (unpaired) electrons. The third-order valence-corrected chi connectivity index (χ3v) is 4.31. The van der Waals surface area contributed by atoms with Crippen LogP contribution in [0.15, 0.2) is 0 Å². The third-order valence-electron chi connectivity index (χ3n) is 3.70. The summed E-state index contributed by atoms with van der Waals surface area (Å²) in [5.41, 5.74) is 0. The summed E-state index contributed by atoms with van der Waals surface area (Å²) >= 11 is 1.36. The number of fused-ring (bicyclic) bond motifs is 1. The van der Waals surface area contributed by atoms with E-state index in [-0.39, 0.29) is 11.9 Å². The Morgan fingerprint density at radius 2 is 2.24 bits per heavy atom. The van der Waals surface area contributed by atoms with Crippen molar-refractivity contribution in [3.05, 3.63) is 5.01 Å². The lowest BCUT2D eigenvalue weighted by molar-refractivity contribution is -0.120. The molecule has 0 bridgehead atoms. The normalized spacial score (nSPS) is 32.2. The highest BCUT2D eigenvalue weighted by molar-refractivity contribution is 7.05. The summed E-state index contributed by atoms with van der Waals surface area (Å²) in [6.45, 7) is 2.71. The van der Waals surface area contributed by atoms with Crippen molar-refractivity contribution >= 4 is 23.4 Å². The van der Waals surface area contributed by atoms with E-state index >= 15 is 0 Å². The minimum Gasteiger partial charge on any atom is -0.309 e. The Balaban J connectivity index is 1.88. The third kappa shape index (κ3) is 1.95. The van der Waals surface area contributed by atoms with Gasteiger partial charge in [-0.1, -0.05) is 0 Å². The minimum atomic E-state index is -0.0729. The summed E-state index contributed by atoms with van der Waals surface area (Å²) in [5, 5.41) is 4.02. The molecule has 2 heterocycles. The van der Waals surface area contributed by atoms with Crippen LogP contribution in [0.3, 0.4) is 0 Å². The topological polar surface area (TPSA) is 58.1 Å². The smallest absolute Gasteiger partial charge is 0.246 e. The Labute approximate surface area is 104 Å². The number of carbonyl (C=O) groups excluding carboxylic acids is 1. The molecule has 5 nitrogen and oxygen atoms in total. The molecule has 0 aromatic carbocycles. The fourth-order valence-corrected chi connectivity index (χ4v) is 3.03. The first-order valence-corrected chi connectivity index (χ1v) is 6.75. The molecule has 3 unspecified atom stereocenters. The SMILES string of the molecule is CNC1CC2CC2CN(c2nsc(C)n2)C1=O. The van der Waals surface area contributed by atoms with Crippen molar-refractivity contribution in [2.45, 2.75) is 25.8 Å². The first-order valence-electron chi connectivity index (χ1n) is 5.98. The van der Waals surface area contributed by atoms with Crippen LogP contribution >= 0.6 is 11.5 Å². The maximum Gasteiger partial charge on any atom is 0.246 e. The van der Waals surface area contributed by atoms with Gasteiger partial charge in [0.05, 0.1) is 6.04 Å². The molecule has 2 aliphatic rings. The van der Waals surface area contributed by atoms with Crippen LogP contribution in [0.2, 0.25) is 0 Å². The van der Waals surface area contributed by atoms with Gasteiger partial charge >= 0.3 is 0 Å². The molecule has 0 spiro atoms. The second-order valence-corrected chi connectivity index (χ2v) is 5.85. The standard InChI is InChI=1S/C11H16N4OS/c1-6-13-11(14-17-6)15-5-8-3-7(8)4-9(12-2)10(15)16/h7-9,12H,3-5H2,1-2H3. The molecule has 3 atom stereocenters. The van der Waals surface area contributed by atoms with Crippen LogP contribution in [0.25, 0.3) is 0 Å². The molecule has 1 aromatic heterocycles. The number of nitrogens with one attached hydrogen (secondary N) is 1. The number of amides is 1. The Morgan fingerprint density at radius 1 is 1.41 bits per heavy atom. The van der Waals surface area contributed by atoms with Crippen LogP contribution in [0, 0.1) is 18.8 Å². The van der Waals surface area contributed by atoms with E-state index in [4.69, 9.17) is 0 Å². The Hall–Kier alpha value is -1.01. The number of anilines is 1. The summed E-state index contributed by atoms with van der Waals surface area (Å²) in [5.74, 6) is 2.07. The van der Waals surface area contributed by atoms with Crippen molar-refractivity contribution in [1.29, 1.82) is 0 Å². The van der Waals surface area contributed by atoms with Crippen LogP contribution in [0.4, 0.5) is 5.95 Å². The van der Waals surface area contributed by atoms with E-state index in [9.17, 15) is 4.79 Å². The summed E-state index contributed by atoms with van der Waals surface area (Å²) in [6.07, 6.45) is 2.20. The molecule has 2 fully saturated rings. The molecule has 3 rings (SSSR count). The summed E-state index contributed by atoms with van der Waals surface area (Å²) in [4.78, 5) is 18.4. The van der Waals surface area contributed by atoms with Gasteiger partial charge in [-0.2, -0.15) is 4.37 Å². The highest BCUT2D eigenvalue weighted by Gasteiger charge is 2.46. The molecule has 17 heavy (non-hydrogen) atoms. The predicted octanol–water partition coefficient (Wildman–Crippen LogP) is 0.807. The highest BCUT2D eigenvalue weighted by Crippen LogP contribution is 2.45. The van der Waals surface area contributed by atoms with Crippen LogP contribution in [0.1, 0.15) is 17.8 Å². The lowest BCUT2D eigenvalue weighted by Crippen LogP contribution is -2.45. The van der Waals surface area contributed by atoms with E-state index in [0.29, 0.717) is 17.8 Å². The zero-order valence-corrected chi connectivity index (χ0v) is 10.8. The molecule has 1 N–H and O–H groups in total. The minimum absolute atomic E-state index is 0.0729. The van der Waals surface area contributed by atoms with E-state index < -0.39 is 0 Å². The Kier molecular flexibility index (Phi) is 2.63. The van der Waals surface area contributed by atoms with Gasteiger partial charge < -0.3 is 5.32 Å². The van der Waals surface area contributed by atoms with Gasteiger partial charge in [-0.05, 0) is 50.2 Å². The molecule has 6 heteroatoms. The van der Waals surface area contributed by atoms with Crippen LogP contribution in [0.5, 0.6) is 0 Å². The molecule has 92 valence electrons. The Bertz CT molecular complexity index is 446. The van der Waals surface area contributed by atoms with Crippen molar-refractivity contribution in [2.75, 3.05) is 18.5 Å². The first-order chi connectivity index (χ1) is 8.19. The van der Waals surface area contributed by atoms with Crippen molar-refractivity contribution in [3.8, 4) is 0 Å². The van der Waals surface area contributed by atoms with Crippen molar-refractivity contribution in [3.63, 3.8) is 0 Å². The number of nitrogens with zero attached hydrogens (tertiary/aromatic N) is 3. The molecule has 1 saturated carbocycles. The molecular weight excluding hydrogens is 236 g/mol. The predicted molar refractivity (Wildman–Crippen MR) is 66.1 cm³/mol. The second-order valence-electron chi connectivity index (χ2n) is 4.90. The van der Waals surface area contributed by atoms with Gasteiger partial charge in [-0.25, -0.2) is 4.98 Å². The molecule has 1 aliphatic carbocycles. The maximum atomic E-state index is 12.3. The van der Waals surface area contributed by atoms with Crippen LogP contribution in [-0.4, -0.2) is 34.9 Å². The fourth-order valence-electron chi connectivity index (χ4n) is 2.56. The lowest BCUT2D eigenvalue weighted by atomic mass is 10.1. The number of hydrogen-bond acceptors (Lipinski definition) is 5. The lowest BCUT2D eigenvalue weighted by Gasteiger charge is -2.22. The average Bonchev–Trinajstić information content (AvgIpc) is 2.94. The second kappa shape index (κ2) is 4.03. The molecule has 1 saturated heterocycles. The van der Waals surface area contributed by atoms with Crippen molar-refractivity contribution in [1.82, 2.24) is 14.7 Å². The van der Waals surface area contributed by atoms with Gasteiger partial charge in [-0.3, -0.25) is 9.69 Å². The Morgan fingerprint density at radius 3 is 2.88 bits per heavy atom. The molecular formula is C11H16N4OS. The first kappa shape index (κ1) is 11.1. The quantitative estimate of drug-likeness (QED) is 0.846. The molecule has 1 amide bonds. The fraction of sp³-hybridized carbons (Fsp3) is 0.727. The number of aryl methyl sites for hydroxylation is 1. The summed E-state index contributed by atoms with van der Waals surface area (Å²) in [6, 6.07) is -0.0729. The van der Waals surface area contributed by atoms with Crippen molar-refractivity contribution in [2.24, 2.45) is 11.8 Å². The average molecular weight is 252 g/mol. The zero-order valence-electron chi connectivity index (χ0n) is 10.0. The van der Waals surface area contributed by atoms with Gasteiger partial charge in [0.1, 0.15) is 5.01 Å². The molecule has 1 aliphatic heterocycles.